The number of anilines is 1. The van der Waals surface area contributed by atoms with E-state index in [4.69, 9.17) is 0 Å². The van der Waals surface area contributed by atoms with Gasteiger partial charge in [0.25, 0.3) is 5.91 Å². The predicted molar refractivity (Wildman–Crippen MR) is 106 cm³/mol. The number of alkyl halides is 3. The SMILES string of the molecule is CSc1ccc(NC(=O)c2cc(C)n(-c3ccccc3C(F)(F)F)c2C)cc1. The molecule has 7 heteroatoms. The van der Waals surface area contributed by atoms with Crippen molar-refractivity contribution in [2.24, 2.45) is 0 Å². The molecular weight excluding hydrogens is 385 g/mol. The fourth-order valence-corrected chi connectivity index (χ4v) is 3.55. The van der Waals surface area contributed by atoms with E-state index in [1.807, 2.05) is 18.4 Å². The summed E-state index contributed by atoms with van der Waals surface area (Å²) in [7, 11) is 0. The average Bonchev–Trinajstić information content (AvgIpc) is 2.96. The van der Waals surface area contributed by atoms with Crippen molar-refractivity contribution >= 4 is 23.4 Å². The van der Waals surface area contributed by atoms with Crippen molar-refractivity contribution < 1.29 is 18.0 Å². The van der Waals surface area contributed by atoms with Crippen LogP contribution in [0, 0.1) is 13.8 Å². The standard InChI is InChI=1S/C21H19F3N2OS/c1-13-12-17(20(27)25-15-8-10-16(28-3)11-9-15)14(2)26(13)19-7-5-4-6-18(19)21(22,23)24/h4-12H,1-3H3,(H,25,27). The molecule has 1 aromatic heterocycles. The molecule has 3 rings (SSSR count). The molecule has 1 heterocycles. The van der Waals surface area contributed by atoms with Gasteiger partial charge in [-0.2, -0.15) is 13.2 Å². The highest BCUT2D eigenvalue weighted by molar-refractivity contribution is 7.98. The van der Waals surface area contributed by atoms with Crippen LogP contribution in [0.4, 0.5) is 18.9 Å². The first-order valence-corrected chi connectivity index (χ1v) is 9.76. The number of aromatic nitrogens is 1. The third-order valence-corrected chi connectivity index (χ3v) is 5.22. The number of nitrogens with zero attached hydrogens (tertiary/aromatic N) is 1. The molecule has 1 amide bonds. The van der Waals surface area contributed by atoms with Crippen LogP contribution in [0.2, 0.25) is 0 Å². The number of rotatable bonds is 4. The van der Waals surface area contributed by atoms with Crippen molar-refractivity contribution in [1.82, 2.24) is 4.57 Å². The van der Waals surface area contributed by atoms with Gasteiger partial charge in [-0.05, 0) is 62.6 Å². The first-order valence-electron chi connectivity index (χ1n) is 8.53. The van der Waals surface area contributed by atoms with E-state index < -0.39 is 11.7 Å². The molecule has 0 unspecified atom stereocenters. The molecule has 0 fully saturated rings. The quantitative estimate of drug-likeness (QED) is 0.534. The second kappa shape index (κ2) is 7.75. The lowest BCUT2D eigenvalue weighted by Gasteiger charge is -2.16. The van der Waals surface area contributed by atoms with Crippen molar-refractivity contribution in [2.45, 2.75) is 24.9 Å². The van der Waals surface area contributed by atoms with E-state index in [2.05, 4.69) is 5.32 Å². The Morgan fingerprint density at radius 3 is 2.29 bits per heavy atom. The lowest BCUT2D eigenvalue weighted by atomic mass is 10.1. The van der Waals surface area contributed by atoms with Crippen molar-refractivity contribution in [1.29, 1.82) is 0 Å². The normalized spacial score (nSPS) is 11.5. The van der Waals surface area contributed by atoms with Crippen LogP contribution in [-0.2, 0) is 6.18 Å². The molecule has 0 radical (unpaired) electrons. The number of amides is 1. The highest BCUT2D eigenvalue weighted by Gasteiger charge is 2.34. The zero-order valence-electron chi connectivity index (χ0n) is 15.6. The fraction of sp³-hybridized carbons (Fsp3) is 0.190. The smallest absolute Gasteiger partial charge is 0.322 e. The van der Waals surface area contributed by atoms with Crippen LogP contribution in [-0.4, -0.2) is 16.7 Å². The minimum absolute atomic E-state index is 0.00775. The molecule has 3 nitrogen and oxygen atoms in total. The monoisotopic (exact) mass is 404 g/mol. The lowest BCUT2D eigenvalue weighted by molar-refractivity contribution is -0.137. The zero-order valence-corrected chi connectivity index (χ0v) is 16.4. The minimum Gasteiger partial charge on any atom is -0.322 e. The number of hydrogen-bond acceptors (Lipinski definition) is 2. The van der Waals surface area contributed by atoms with Gasteiger partial charge in [0.05, 0.1) is 16.8 Å². The van der Waals surface area contributed by atoms with Gasteiger partial charge in [0.2, 0.25) is 0 Å². The van der Waals surface area contributed by atoms with Crippen molar-refractivity contribution in [3.63, 3.8) is 0 Å². The molecule has 0 aliphatic carbocycles. The number of para-hydroxylation sites is 1. The molecule has 0 atom stereocenters. The van der Waals surface area contributed by atoms with Crippen LogP contribution in [0.1, 0.15) is 27.3 Å². The Kier molecular flexibility index (Phi) is 5.56. The molecular formula is C21H19F3N2OS. The highest BCUT2D eigenvalue weighted by Crippen LogP contribution is 2.35. The number of carbonyl (C=O) groups is 1. The summed E-state index contributed by atoms with van der Waals surface area (Å²) in [6.07, 6.45) is -2.53. The van der Waals surface area contributed by atoms with Crippen LogP contribution in [0.25, 0.3) is 5.69 Å². The second-order valence-corrected chi connectivity index (χ2v) is 7.20. The van der Waals surface area contributed by atoms with Gasteiger partial charge >= 0.3 is 6.18 Å². The van der Waals surface area contributed by atoms with Crippen molar-refractivity contribution in [2.75, 3.05) is 11.6 Å². The Labute approximate surface area is 165 Å². The molecule has 0 aliphatic rings. The van der Waals surface area contributed by atoms with Gasteiger partial charge in [0.15, 0.2) is 0 Å². The number of hydrogen-bond donors (Lipinski definition) is 1. The summed E-state index contributed by atoms with van der Waals surface area (Å²) in [4.78, 5) is 13.8. The number of aryl methyl sites for hydroxylation is 1. The summed E-state index contributed by atoms with van der Waals surface area (Å²) in [5.41, 5.74) is 1.24. The first-order chi connectivity index (χ1) is 13.2. The maximum atomic E-state index is 13.4. The van der Waals surface area contributed by atoms with Gasteiger partial charge < -0.3 is 9.88 Å². The largest absolute Gasteiger partial charge is 0.418 e. The van der Waals surface area contributed by atoms with Crippen LogP contribution < -0.4 is 5.32 Å². The Bertz CT molecular complexity index is 1010. The van der Waals surface area contributed by atoms with Gasteiger partial charge in [-0.25, -0.2) is 0 Å². The Hall–Kier alpha value is -2.67. The van der Waals surface area contributed by atoms with Crippen molar-refractivity contribution in [3.05, 3.63) is 77.1 Å². The molecule has 1 N–H and O–H groups in total. The molecule has 3 aromatic rings. The highest BCUT2D eigenvalue weighted by atomic mass is 32.2. The van der Waals surface area contributed by atoms with E-state index >= 15 is 0 Å². The topological polar surface area (TPSA) is 34.0 Å². The third kappa shape index (κ3) is 3.94. The van der Waals surface area contributed by atoms with Gasteiger partial charge in [-0.3, -0.25) is 4.79 Å². The first kappa shape index (κ1) is 20.1. The maximum absolute atomic E-state index is 13.4. The molecule has 0 spiro atoms. The summed E-state index contributed by atoms with van der Waals surface area (Å²) < 4.78 is 41.7. The van der Waals surface area contributed by atoms with E-state index in [9.17, 15) is 18.0 Å². The maximum Gasteiger partial charge on any atom is 0.418 e. The molecule has 0 saturated heterocycles. The van der Waals surface area contributed by atoms with E-state index in [0.29, 0.717) is 22.6 Å². The summed E-state index contributed by atoms with van der Waals surface area (Å²) >= 11 is 1.59. The Morgan fingerprint density at radius 2 is 1.68 bits per heavy atom. The van der Waals surface area contributed by atoms with Crippen molar-refractivity contribution in [3.8, 4) is 5.69 Å². The van der Waals surface area contributed by atoms with E-state index in [0.717, 1.165) is 11.0 Å². The molecule has 0 saturated carbocycles. The average molecular weight is 404 g/mol. The lowest BCUT2D eigenvalue weighted by Crippen LogP contribution is -2.14. The summed E-state index contributed by atoms with van der Waals surface area (Å²) in [5, 5.41) is 2.80. The number of benzene rings is 2. The number of carbonyl (C=O) groups excluding carboxylic acids is 1. The van der Waals surface area contributed by atoms with Crippen LogP contribution in [0.3, 0.4) is 0 Å². The van der Waals surface area contributed by atoms with E-state index in [1.165, 1.54) is 16.7 Å². The summed E-state index contributed by atoms with van der Waals surface area (Å²) in [6, 6.07) is 14.3. The Balaban J connectivity index is 1.97. The van der Waals surface area contributed by atoms with Crippen LogP contribution >= 0.6 is 11.8 Å². The third-order valence-electron chi connectivity index (χ3n) is 4.47. The molecule has 0 bridgehead atoms. The summed E-state index contributed by atoms with van der Waals surface area (Å²) in [6.45, 7) is 3.33. The van der Waals surface area contributed by atoms with Gasteiger partial charge in [-0.15, -0.1) is 11.8 Å². The van der Waals surface area contributed by atoms with Crippen LogP contribution in [0.5, 0.6) is 0 Å². The van der Waals surface area contributed by atoms with E-state index in [-0.39, 0.29) is 11.6 Å². The minimum atomic E-state index is -4.48. The van der Waals surface area contributed by atoms with Crippen LogP contribution in [0.15, 0.2) is 59.5 Å². The number of halogens is 3. The van der Waals surface area contributed by atoms with Gasteiger partial charge in [-0.1, -0.05) is 12.1 Å². The second-order valence-electron chi connectivity index (χ2n) is 6.32. The van der Waals surface area contributed by atoms with E-state index in [1.54, 1.807) is 49.9 Å². The number of nitrogens with one attached hydrogen (secondary N) is 1. The van der Waals surface area contributed by atoms with Gasteiger partial charge in [0.1, 0.15) is 0 Å². The molecule has 28 heavy (non-hydrogen) atoms. The molecule has 146 valence electrons. The zero-order chi connectivity index (χ0) is 20.5. The fourth-order valence-electron chi connectivity index (χ4n) is 3.14. The van der Waals surface area contributed by atoms with Gasteiger partial charge in [0, 0.05) is 22.0 Å². The predicted octanol–water partition coefficient (Wildman–Crippen LogP) is 6.09. The molecule has 2 aromatic carbocycles. The molecule has 0 aliphatic heterocycles. The summed E-state index contributed by atoms with van der Waals surface area (Å²) in [5.74, 6) is -0.360. The Morgan fingerprint density at radius 1 is 1.04 bits per heavy atom. The number of thioether (sulfide) groups is 1.